The van der Waals surface area contributed by atoms with Gasteiger partial charge in [0, 0.05) is 11.7 Å². The van der Waals surface area contributed by atoms with E-state index < -0.39 is 0 Å². The highest BCUT2D eigenvalue weighted by Gasteiger charge is 2.16. The molecule has 2 N–H and O–H groups in total. The van der Waals surface area contributed by atoms with Crippen LogP contribution in [0.3, 0.4) is 0 Å². The van der Waals surface area contributed by atoms with Crippen molar-refractivity contribution in [2.75, 3.05) is 5.32 Å². The van der Waals surface area contributed by atoms with Crippen LogP contribution < -0.4 is 10.6 Å². The number of nitrogens with one attached hydrogen (secondary N) is 2. The topological polar surface area (TPSA) is 41.1 Å². The summed E-state index contributed by atoms with van der Waals surface area (Å²) >= 11 is 3.12. The number of benzene rings is 1. The minimum Gasteiger partial charge on any atom is -0.335 e. The first-order chi connectivity index (χ1) is 9.06. The summed E-state index contributed by atoms with van der Waals surface area (Å²) in [5.41, 5.74) is 1.33. The molecule has 0 aliphatic heterocycles. The second-order valence-electron chi connectivity index (χ2n) is 5.01. The van der Waals surface area contributed by atoms with Gasteiger partial charge in [-0.3, -0.25) is 0 Å². The first kappa shape index (κ1) is 14.3. The number of rotatable bonds is 2. The highest BCUT2D eigenvalue weighted by Crippen LogP contribution is 2.24. The maximum absolute atomic E-state index is 13.3. The first-order valence-electron chi connectivity index (χ1n) is 6.59. The van der Waals surface area contributed by atoms with Crippen LogP contribution in [0.4, 0.5) is 14.9 Å². The zero-order valence-corrected chi connectivity index (χ0v) is 12.5. The molecule has 1 aromatic carbocycles. The van der Waals surface area contributed by atoms with Gasteiger partial charge in [0.1, 0.15) is 5.82 Å². The van der Waals surface area contributed by atoms with Crippen LogP contribution in [0, 0.1) is 12.7 Å². The Morgan fingerprint density at radius 1 is 1.32 bits per heavy atom. The van der Waals surface area contributed by atoms with E-state index in [1.165, 1.54) is 25.3 Å². The predicted molar refractivity (Wildman–Crippen MR) is 77.9 cm³/mol. The fraction of sp³-hybridized carbons (Fsp3) is 0.500. The Morgan fingerprint density at radius 3 is 2.68 bits per heavy atom. The van der Waals surface area contributed by atoms with E-state index in [0.717, 1.165) is 12.8 Å². The average molecular weight is 329 g/mol. The third-order valence-electron chi connectivity index (χ3n) is 3.46. The van der Waals surface area contributed by atoms with Gasteiger partial charge in [-0.05, 0) is 53.4 Å². The lowest BCUT2D eigenvalue weighted by atomic mass is 9.96. The molecule has 19 heavy (non-hydrogen) atoms. The smallest absolute Gasteiger partial charge is 0.319 e. The molecule has 0 unspecified atom stereocenters. The lowest BCUT2D eigenvalue weighted by Crippen LogP contribution is -2.39. The molecule has 1 saturated carbocycles. The summed E-state index contributed by atoms with van der Waals surface area (Å²) in [6.45, 7) is 1.77. The van der Waals surface area contributed by atoms with E-state index in [2.05, 4.69) is 26.6 Å². The average Bonchev–Trinajstić information content (AvgIpc) is 2.37. The number of hydrogen-bond donors (Lipinski definition) is 2. The van der Waals surface area contributed by atoms with Crippen LogP contribution in [-0.4, -0.2) is 12.1 Å². The van der Waals surface area contributed by atoms with Gasteiger partial charge in [0.05, 0.1) is 4.47 Å². The molecule has 3 nitrogen and oxygen atoms in total. The highest BCUT2D eigenvalue weighted by molar-refractivity contribution is 9.10. The molecule has 1 aliphatic carbocycles. The van der Waals surface area contributed by atoms with Crippen molar-refractivity contribution in [1.29, 1.82) is 0 Å². The second-order valence-corrected chi connectivity index (χ2v) is 5.87. The predicted octanol–water partition coefficient (Wildman–Crippen LogP) is 4.35. The largest absolute Gasteiger partial charge is 0.335 e. The SMILES string of the molecule is Cc1cc(F)c(Br)cc1NC(=O)NC1CCCCC1. The molecule has 2 rings (SSSR count). The molecule has 0 radical (unpaired) electrons. The van der Waals surface area contributed by atoms with Crippen LogP contribution in [0.5, 0.6) is 0 Å². The van der Waals surface area contributed by atoms with Crippen LogP contribution in [0.25, 0.3) is 0 Å². The van der Waals surface area contributed by atoms with Gasteiger partial charge in [-0.2, -0.15) is 0 Å². The molecule has 1 fully saturated rings. The molecule has 0 heterocycles. The van der Waals surface area contributed by atoms with Crippen molar-refractivity contribution in [1.82, 2.24) is 5.32 Å². The lowest BCUT2D eigenvalue weighted by Gasteiger charge is -2.23. The Labute approximate surface area is 121 Å². The fourth-order valence-corrected chi connectivity index (χ4v) is 2.72. The van der Waals surface area contributed by atoms with Crippen LogP contribution in [0.1, 0.15) is 37.7 Å². The molecule has 5 heteroatoms. The lowest BCUT2D eigenvalue weighted by molar-refractivity contribution is 0.244. The van der Waals surface area contributed by atoms with Gasteiger partial charge >= 0.3 is 6.03 Å². The molecule has 104 valence electrons. The third-order valence-corrected chi connectivity index (χ3v) is 4.06. The molecule has 0 atom stereocenters. The van der Waals surface area contributed by atoms with Gasteiger partial charge in [-0.25, -0.2) is 9.18 Å². The summed E-state index contributed by atoms with van der Waals surface area (Å²) in [6.07, 6.45) is 5.68. The van der Waals surface area contributed by atoms with Crippen LogP contribution in [0.15, 0.2) is 16.6 Å². The summed E-state index contributed by atoms with van der Waals surface area (Å²) in [6, 6.07) is 3.04. The number of carbonyl (C=O) groups is 1. The Morgan fingerprint density at radius 2 is 2.00 bits per heavy atom. The number of anilines is 1. The molecule has 0 saturated heterocycles. The molecule has 1 aliphatic rings. The Kier molecular flexibility index (Phi) is 4.80. The second kappa shape index (κ2) is 6.37. The number of urea groups is 1. The van der Waals surface area contributed by atoms with Crippen molar-refractivity contribution in [2.24, 2.45) is 0 Å². The molecular weight excluding hydrogens is 311 g/mol. The maximum Gasteiger partial charge on any atom is 0.319 e. The van der Waals surface area contributed by atoms with E-state index in [0.29, 0.717) is 15.7 Å². The van der Waals surface area contributed by atoms with E-state index >= 15 is 0 Å². The van der Waals surface area contributed by atoms with Crippen molar-refractivity contribution in [3.63, 3.8) is 0 Å². The highest BCUT2D eigenvalue weighted by atomic mass is 79.9. The van der Waals surface area contributed by atoms with Gasteiger partial charge in [0.2, 0.25) is 0 Å². The van der Waals surface area contributed by atoms with Gasteiger partial charge in [-0.1, -0.05) is 19.3 Å². The summed E-state index contributed by atoms with van der Waals surface area (Å²) < 4.78 is 13.6. The van der Waals surface area contributed by atoms with Crippen LogP contribution in [0.2, 0.25) is 0 Å². The molecule has 2 amide bonds. The summed E-state index contributed by atoms with van der Waals surface area (Å²) in [5.74, 6) is -0.323. The molecule has 0 bridgehead atoms. The van der Waals surface area contributed by atoms with Gasteiger partial charge < -0.3 is 10.6 Å². The van der Waals surface area contributed by atoms with Gasteiger partial charge in [0.15, 0.2) is 0 Å². The van der Waals surface area contributed by atoms with E-state index in [1.807, 2.05) is 0 Å². The molecule has 0 aromatic heterocycles. The Hall–Kier alpha value is -1.10. The van der Waals surface area contributed by atoms with Crippen LogP contribution in [-0.2, 0) is 0 Å². The number of hydrogen-bond acceptors (Lipinski definition) is 1. The minimum atomic E-state index is -0.323. The quantitative estimate of drug-likeness (QED) is 0.832. The molecule has 0 spiro atoms. The summed E-state index contributed by atoms with van der Waals surface area (Å²) in [5, 5.41) is 5.75. The standard InChI is InChI=1S/C14H18BrFN2O/c1-9-7-12(16)11(15)8-13(9)18-14(19)17-10-5-3-2-4-6-10/h7-8,10H,2-6H2,1H3,(H2,17,18,19). The normalized spacial score (nSPS) is 16.2. The van der Waals surface area contributed by atoms with E-state index in [9.17, 15) is 9.18 Å². The number of aryl methyl sites for hydroxylation is 1. The third kappa shape index (κ3) is 3.93. The van der Waals surface area contributed by atoms with Crippen molar-refractivity contribution in [3.8, 4) is 0 Å². The monoisotopic (exact) mass is 328 g/mol. The number of halogens is 2. The zero-order chi connectivity index (χ0) is 13.8. The van der Waals surface area contributed by atoms with E-state index in [4.69, 9.17) is 0 Å². The number of carbonyl (C=O) groups excluding carboxylic acids is 1. The minimum absolute atomic E-state index is 0.214. The van der Waals surface area contributed by atoms with Gasteiger partial charge in [-0.15, -0.1) is 0 Å². The van der Waals surface area contributed by atoms with E-state index in [1.54, 1.807) is 13.0 Å². The Balaban J connectivity index is 1.96. The first-order valence-corrected chi connectivity index (χ1v) is 7.38. The Bertz CT molecular complexity index is 473. The van der Waals surface area contributed by atoms with Crippen molar-refractivity contribution in [2.45, 2.75) is 45.1 Å². The number of amides is 2. The fourth-order valence-electron chi connectivity index (χ4n) is 2.37. The maximum atomic E-state index is 13.3. The summed E-state index contributed by atoms with van der Waals surface area (Å²) in [7, 11) is 0. The van der Waals surface area contributed by atoms with Crippen molar-refractivity contribution < 1.29 is 9.18 Å². The molecular formula is C14H18BrFN2O. The summed E-state index contributed by atoms with van der Waals surface area (Å²) in [4.78, 5) is 11.9. The van der Waals surface area contributed by atoms with Crippen LogP contribution >= 0.6 is 15.9 Å². The zero-order valence-electron chi connectivity index (χ0n) is 10.9. The van der Waals surface area contributed by atoms with E-state index in [-0.39, 0.29) is 17.9 Å². The van der Waals surface area contributed by atoms with Crippen molar-refractivity contribution >= 4 is 27.6 Å². The molecule has 1 aromatic rings. The van der Waals surface area contributed by atoms with Crippen molar-refractivity contribution in [3.05, 3.63) is 28.0 Å². The van der Waals surface area contributed by atoms with Gasteiger partial charge in [0.25, 0.3) is 0 Å².